The number of piperidine rings is 1. The van der Waals surface area contributed by atoms with Crippen molar-refractivity contribution in [2.75, 3.05) is 37.0 Å². The van der Waals surface area contributed by atoms with Gasteiger partial charge in [-0.3, -0.25) is 5.32 Å². The molecule has 2 amide bonds. The molecule has 1 atom stereocenters. The maximum Gasteiger partial charge on any atom is 0.329 e. The summed E-state index contributed by atoms with van der Waals surface area (Å²) < 4.78 is 9.00. The van der Waals surface area contributed by atoms with Crippen molar-refractivity contribution in [2.45, 2.75) is 24.8 Å². The van der Waals surface area contributed by atoms with Gasteiger partial charge in [0.15, 0.2) is 0 Å². The van der Waals surface area contributed by atoms with Crippen molar-refractivity contribution in [1.82, 2.24) is 24.2 Å². The van der Waals surface area contributed by atoms with Gasteiger partial charge in [-0.15, -0.1) is 4.37 Å². The molecule has 11 heteroatoms. The fraction of sp³-hybridized carbons (Fsp3) is 0.421. The summed E-state index contributed by atoms with van der Waals surface area (Å²) in [5.74, 6) is 0. The molecule has 0 aliphatic carbocycles. The van der Waals surface area contributed by atoms with Crippen molar-refractivity contribution in [1.29, 1.82) is 5.26 Å². The quantitative estimate of drug-likeness (QED) is 0.662. The van der Waals surface area contributed by atoms with Gasteiger partial charge < -0.3 is 19.5 Å². The van der Waals surface area contributed by atoms with E-state index in [-0.39, 0.29) is 17.6 Å². The van der Waals surface area contributed by atoms with Crippen LogP contribution in [0.4, 0.5) is 15.6 Å². The first-order chi connectivity index (χ1) is 14.6. The van der Waals surface area contributed by atoms with E-state index in [1.807, 2.05) is 17.2 Å². The molecule has 0 saturated carbocycles. The molecule has 0 aromatic carbocycles. The Morgan fingerprint density at radius 3 is 3.07 bits per heavy atom. The summed E-state index contributed by atoms with van der Waals surface area (Å²) in [4.78, 5) is 28.6. The van der Waals surface area contributed by atoms with Gasteiger partial charge in [-0.05, 0) is 25.3 Å². The van der Waals surface area contributed by atoms with Gasteiger partial charge in [0.25, 0.3) is 0 Å². The third-order valence-electron chi connectivity index (χ3n) is 5.97. The lowest BCUT2D eigenvalue weighted by Gasteiger charge is -2.57. The highest BCUT2D eigenvalue weighted by Crippen LogP contribution is 2.42. The highest BCUT2D eigenvalue weighted by atomic mass is 32.1. The number of aromatic amines is 1. The summed E-state index contributed by atoms with van der Waals surface area (Å²) >= 11 is 1.09. The minimum absolute atomic E-state index is 0.177. The van der Waals surface area contributed by atoms with Crippen LogP contribution in [0.1, 0.15) is 24.8 Å². The number of carbonyl (C=O) groups is 1. The van der Waals surface area contributed by atoms with Gasteiger partial charge in [0.1, 0.15) is 11.7 Å². The smallest absolute Gasteiger partial charge is 0.329 e. The topological polar surface area (TPSA) is 123 Å². The van der Waals surface area contributed by atoms with Crippen molar-refractivity contribution in [3.8, 4) is 12.1 Å². The van der Waals surface area contributed by atoms with Gasteiger partial charge in [0.2, 0.25) is 5.13 Å². The van der Waals surface area contributed by atoms with Crippen LogP contribution in [0.25, 0.3) is 11.0 Å². The standard InChI is InChI=1S/C19H20N8O2S/c1-29-16-23-17(30-25-16)24-18(28)27-8-5-19(27)4-2-7-26(11-19)14-12(9-20)10-22-15-13(14)3-6-21-15/h3,6,10H,2,4-5,7-8,11H2,1H3,(H,21,22)(H,23,24,25,28). The number of carbonyl (C=O) groups excluding carboxylic acids is 1. The molecule has 1 spiro atoms. The molecule has 0 bridgehead atoms. The minimum atomic E-state index is -0.254. The largest absolute Gasteiger partial charge is 0.466 e. The average molecular weight is 424 g/mol. The monoisotopic (exact) mass is 424 g/mol. The van der Waals surface area contributed by atoms with Gasteiger partial charge in [0, 0.05) is 48.9 Å². The average Bonchev–Trinajstić information content (AvgIpc) is 3.41. The molecule has 5 heterocycles. The van der Waals surface area contributed by atoms with Gasteiger partial charge in [0.05, 0.1) is 23.9 Å². The first-order valence-electron chi connectivity index (χ1n) is 9.71. The summed E-state index contributed by atoms with van der Waals surface area (Å²) in [6.45, 7) is 2.21. The van der Waals surface area contributed by atoms with Crippen LogP contribution in [0, 0.1) is 11.3 Å². The summed E-state index contributed by atoms with van der Waals surface area (Å²) in [6.07, 6.45) is 6.25. The molecule has 2 fully saturated rings. The molecule has 2 aliphatic heterocycles. The molecule has 30 heavy (non-hydrogen) atoms. The predicted molar refractivity (Wildman–Crippen MR) is 112 cm³/mol. The van der Waals surface area contributed by atoms with Gasteiger partial charge in [-0.25, -0.2) is 9.78 Å². The number of aromatic nitrogens is 4. The maximum atomic E-state index is 12.9. The molecule has 2 aliphatic rings. The first-order valence-corrected chi connectivity index (χ1v) is 10.5. The zero-order valence-corrected chi connectivity index (χ0v) is 17.2. The predicted octanol–water partition coefficient (Wildman–Crippen LogP) is 2.57. The van der Waals surface area contributed by atoms with Crippen molar-refractivity contribution < 1.29 is 9.53 Å². The van der Waals surface area contributed by atoms with Crippen LogP contribution in [0.5, 0.6) is 6.01 Å². The van der Waals surface area contributed by atoms with Crippen LogP contribution >= 0.6 is 11.5 Å². The Morgan fingerprint density at radius 1 is 1.43 bits per heavy atom. The number of likely N-dealkylation sites (tertiary alicyclic amines) is 1. The van der Waals surface area contributed by atoms with Crippen LogP contribution in [0.2, 0.25) is 0 Å². The summed E-state index contributed by atoms with van der Waals surface area (Å²) in [7, 11) is 1.49. The molecule has 10 nitrogen and oxygen atoms in total. The van der Waals surface area contributed by atoms with E-state index in [1.165, 1.54) is 7.11 Å². The van der Waals surface area contributed by atoms with Gasteiger partial charge >= 0.3 is 12.0 Å². The second-order valence-electron chi connectivity index (χ2n) is 7.54. The van der Waals surface area contributed by atoms with E-state index >= 15 is 0 Å². The molecule has 1 unspecified atom stereocenters. The third kappa shape index (κ3) is 2.91. The lowest BCUT2D eigenvalue weighted by Crippen LogP contribution is -2.69. The van der Waals surface area contributed by atoms with E-state index in [2.05, 4.69) is 35.6 Å². The number of methoxy groups -OCH3 is 1. The van der Waals surface area contributed by atoms with Crippen LogP contribution in [0.15, 0.2) is 18.5 Å². The molecule has 154 valence electrons. The fourth-order valence-electron chi connectivity index (χ4n) is 4.50. The van der Waals surface area contributed by atoms with Crippen LogP contribution in [0.3, 0.4) is 0 Å². The normalized spacial score (nSPS) is 20.8. The molecular weight excluding hydrogens is 404 g/mol. The molecule has 3 aromatic rings. The zero-order valence-electron chi connectivity index (χ0n) is 16.4. The molecule has 2 N–H and O–H groups in total. The van der Waals surface area contributed by atoms with Crippen LogP contribution < -0.4 is 15.0 Å². The number of fused-ring (bicyclic) bond motifs is 1. The Labute approximate surface area is 176 Å². The lowest BCUT2D eigenvalue weighted by atomic mass is 9.77. The number of urea groups is 1. The van der Waals surface area contributed by atoms with Crippen LogP contribution in [-0.2, 0) is 0 Å². The maximum absolute atomic E-state index is 12.9. The third-order valence-corrected chi connectivity index (χ3v) is 6.59. The second kappa shape index (κ2) is 7.14. The highest BCUT2D eigenvalue weighted by molar-refractivity contribution is 7.10. The van der Waals surface area contributed by atoms with Crippen molar-refractivity contribution >= 4 is 39.4 Å². The van der Waals surface area contributed by atoms with E-state index in [4.69, 9.17) is 4.74 Å². The van der Waals surface area contributed by atoms with Gasteiger partial charge in [-0.2, -0.15) is 10.2 Å². The molecule has 0 radical (unpaired) electrons. The number of ether oxygens (including phenoxy) is 1. The number of nitrogens with one attached hydrogen (secondary N) is 2. The van der Waals surface area contributed by atoms with Crippen molar-refractivity contribution in [3.63, 3.8) is 0 Å². The molecule has 3 aromatic heterocycles. The minimum Gasteiger partial charge on any atom is -0.466 e. The van der Waals surface area contributed by atoms with E-state index in [9.17, 15) is 10.1 Å². The van der Waals surface area contributed by atoms with E-state index in [1.54, 1.807) is 6.20 Å². The molecule has 5 rings (SSSR count). The number of H-pyrrole nitrogens is 1. The Hall–Kier alpha value is -3.39. The number of nitrogens with zero attached hydrogens (tertiary/aromatic N) is 6. The summed E-state index contributed by atoms with van der Waals surface area (Å²) in [5, 5.41) is 13.8. The first kappa shape index (κ1) is 18.6. The summed E-state index contributed by atoms with van der Waals surface area (Å²) in [6, 6.07) is 4.30. The fourth-order valence-corrected chi connectivity index (χ4v) is 5.04. The lowest BCUT2D eigenvalue weighted by molar-refractivity contribution is 0.0185. The number of hydrogen-bond donors (Lipinski definition) is 2. The van der Waals surface area contributed by atoms with Crippen LogP contribution in [-0.4, -0.2) is 62.5 Å². The Balaban J connectivity index is 1.39. The number of anilines is 2. The number of amides is 2. The van der Waals surface area contributed by atoms with E-state index in [0.717, 1.165) is 54.1 Å². The Morgan fingerprint density at radius 2 is 2.33 bits per heavy atom. The SMILES string of the molecule is COc1nsc(NC(=O)N2CCC23CCCN(c2c(C#N)cnc4[nH]ccc24)C3)n1. The number of hydrogen-bond acceptors (Lipinski definition) is 8. The Kier molecular flexibility index (Phi) is 4.43. The number of pyridine rings is 1. The van der Waals surface area contributed by atoms with E-state index < -0.39 is 0 Å². The molecule has 2 saturated heterocycles. The van der Waals surface area contributed by atoms with Crippen molar-refractivity contribution in [3.05, 3.63) is 24.0 Å². The second-order valence-corrected chi connectivity index (χ2v) is 8.29. The zero-order chi connectivity index (χ0) is 20.7. The van der Waals surface area contributed by atoms with Gasteiger partial charge in [-0.1, -0.05) is 0 Å². The Bertz CT molecular complexity index is 1150. The number of nitriles is 1. The van der Waals surface area contributed by atoms with E-state index in [0.29, 0.717) is 23.8 Å². The highest BCUT2D eigenvalue weighted by Gasteiger charge is 2.50. The summed E-state index contributed by atoms with van der Waals surface area (Å²) in [5.41, 5.74) is 1.95. The van der Waals surface area contributed by atoms with Crippen molar-refractivity contribution in [2.24, 2.45) is 0 Å². The number of rotatable bonds is 3. The molecular formula is C19H20N8O2S.